The molecule has 1 heteroatoms. The van der Waals surface area contributed by atoms with Gasteiger partial charge in [-0.3, -0.25) is 0 Å². The van der Waals surface area contributed by atoms with Crippen LogP contribution in [0.3, 0.4) is 0 Å². The van der Waals surface area contributed by atoms with Crippen molar-refractivity contribution < 1.29 is 0 Å². The standard InChI is InChI=1S/C64H65N/c1-40-32-33-41-20-10-11-21-42(41)57(40)47-38-46-45-24-14-17-27-50(45)64(48-25-15-12-22-43(48)44-23-13-16-26-49(44)64)53(46)39-56(47)65(54-30-18-28-51-58(54)62(6,7)36-34-60(51,2)3)55-31-19-29-52-59(55)63(8,9)37-35-61(52,4)5/h12-19,22-33,38-39H,10-11,20-21,34-37H2,1-9H3. The predicted molar refractivity (Wildman–Crippen MR) is 275 cm³/mol. The number of anilines is 3. The summed E-state index contributed by atoms with van der Waals surface area (Å²) in [4.78, 5) is 2.84. The first kappa shape index (κ1) is 40.8. The molecule has 0 heterocycles. The molecule has 0 N–H and O–H groups in total. The van der Waals surface area contributed by atoms with Crippen molar-refractivity contribution in [2.24, 2.45) is 0 Å². The van der Waals surface area contributed by atoms with E-state index in [9.17, 15) is 0 Å². The highest BCUT2D eigenvalue weighted by Crippen LogP contribution is 2.65. The molecule has 7 aromatic rings. The summed E-state index contributed by atoms with van der Waals surface area (Å²) in [6.45, 7) is 22.4. The highest BCUT2D eigenvalue weighted by atomic mass is 15.2. The van der Waals surface area contributed by atoms with Crippen LogP contribution in [0.15, 0.2) is 133 Å². The monoisotopic (exact) mass is 848 g/mol. The van der Waals surface area contributed by atoms with Crippen molar-refractivity contribution >= 4 is 17.1 Å². The van der Waals surface area contributed by atoms with Gasteiger partial charge < -0.3 is 4.90 Å². The molecular formula is C64H65N. The molecule has 0 saturated heterocycles. The molecule has 0 bridgehead atoms. The van der Waals surface area contributed by atoms with Crippen molar-refractivity contribution in [2.45, 2.75) is 141 Å². The molecule has 5 aliphatic carbocycles. The van der Waals surface area contributed by atoms with Crippen molar-refractivity contribution in [3.8, 4) is 33.4 Å². The van der Waals surface area contributed by atoms with Gasteiger partial charge in [-0.15, -0.1) is 0 Å². The Hall–Kier alpha value is -5.66. The molecular weight excluding hydrogens is 783 g/mol. The van der Waals surface area contributed by atoms with Crippen LogP contribution in [0, 0.1) is 6.92 Å². The van der Waals surface area contributed by atoms with E-state index >= 15 is 0 Å². The molecule has 0 unspecified atom stereocenters. The Labute approximate surface area is 389 Å². The summed E-state index contributed by atoms with van der Waals surface area (Å²) < 4.78 is 0. The van der Waals surface area contributed by atoms with E-state index in [1.165, 1.54) is 132 Å². The number of fused-ring (bicyclic) bond motifs is 13. The summed E-state index contributed by atoms with van der Waals surface area (Å²) in [5.74, 6) is 0. The number of rotatable bonds is 4. The molecule has 65 heavy (non-hydrogen) atoms. The molecule has 7 aromatic carbocycles. The molecule has 0 atom stereocenters. The Morgan fingerprint density at radius 1 is 0.385 bits per heavy atom. The van der Waals surface area contributed by atoms with E-state index in [4.69, 9.17) is 0 Å². The molecule has 0 radical (unpaired) electrons. The molecule has 0 aromatic heterocycles. The van der Waals surface area contributed by atoms with Crippen molar-refractivity contribution in [1.29, 1.82) is 0 Å². The van der Waals surface area contributed by atoms with Gasteiger partial charge in [-0.1, -0.05) is 165 Å². The summed E-state index contributed by atoms with van der Waals surface area (Å²) in [6, 6.07) is 53.0. The van der Waals surface area contributed by atoms with Gasteiger partial charge in [0.05, 0.1) is 22.5 Å². The maximum atomic E-state index is 2.84. The Morgan fingerprint density at radius 2 is 0.846 bits per heavy atom. The van der Waals surface area contributed by atoms with E-state index in [1.54, 1.807) is 5.56 Å². The van der Waals surface area contributed by atoms with E-state index in [1.807, 2.05) is 0 Å². The fourth-order valence-corrected chi connectivity index (χ4v) is 14.0. The van der Waals surface area contributed by atoms with E-state index in [0.29, 0.717) is 0 Å². The highest BCUT2D eigenvalue weighted by molar-refractivity contribution is 6.01. The van der Waals surface area contributed by atoms with Crippen LogP contribution in [-0.2, 0) is 39.9 Å². The summed E-state index contributed by atoms with van der Waals surface area (Å²) in [6.07, 6.45) is 9.42. The first-order valence-corrected chi connectivity index (χ1v) is 24.8. The van der Waals surface area contributed by atoms with Crippen LogP contribution in [-0.4, -0.2) is 0 Å². The van der Waals surface area contributed by atoms with Crippen LogP contribution in [0.5, 0.6) is 0 Å². The lowest BCUT2D eigenvalue weighted by molar-refractivity contribution is 0.331. The smallest absolute Gasteiger partial charge is 0.0726 e. The minimum absolute atomic E-state index is 0.0250. The van der Waals surface area contributed by atoms with Gasteiger partial charge in [0.1, 0.15) is 0 Å². The third-order valence-electron chi connectivity index (χ3n) is 17.5. The fraction of sp³-hybridized carbons (Fsp3) is 0.344. The molecule has 0 aliphatic heterocycles. The normalized spacial score (nSPS) is 19.3. The maximum absolute atomic E-state index is 2.84. The zero-order valence-corrected chi connectivity index (χ0v) is 40.3. The molecule has 1 nitrogen and oxygen atoms in total. The molecule has 5 aliphatic rings. The first-order valence-electron chi connectivity index (χ1n) is 24.8. The van der Waals surface area contributed by atoms with Gasteiger partial charge in [0.25, 0.3) is 0 Å². The van der Waals surface area contributed by atoms with Gasteiger partial charge in [0.15, 0.2) is 0 Å². The van der Waals surface area contributed by atoms with Crippen LogP contribution >= 0.6 is 0 Å². The number of nitrogens with zero attached hydrogens (tertiary/aromatic N) is 1. The second kappa shape index (κ2) is 13.9. The average Bonchev–Trinajstić information content (AvgIpc) is 3.76. The second-order valence-corrected chi connectivity index (χ2v) is 23.2. The van der Waals surface area contributed by atoms with Crippen molar-refractivity contribution in [1.82, 2.24) is 0 Å². The Bertz CT molecular complexity index is 3000. The second-order valence-electron chi connectivity index (χ2n) is 23.2. The molecule has 0 saturated carbocycles. The highest BCUT2D eigenvalue weighted by Gasteiger charge is 2.53. The van der Waals surface area contributed by atoms with Crippen LogP contribution in [0.25, 0.3) is 33.4 Å². The SMILES string of the molecule is Cc1ccc2c(c1-c1cc3c(cc1N(c1cccc4c1C(C)(C)CCC4(C)C)c1cccc4c1C(C)(C)CCC4(C)C)C1(c4ccccc4-c4ccccc41)c1ccccc1-3)CCCC2. The number of benzene rings is 7. The van der Waals surface area contributed by atoms with E-state index in [0.717, 1.165) is 25.7 Å². The van der Waals surface area contributed by atoms with Crippen molar-refractivity contribution in [3.63, 3.8) is 0 Å². The van der Waals surface area contributed by atoms with Crippen LogP contribution in [0.4, 0.5) is 17.1 Å². The average molecular weight is 848 g/mol. The van der Waals surface area contributed by atoms with Gasteiger partial charge in [-0.2, -0.15) is 0 Å². The van der Waals surface area contributed by atoms with E-state index in [-0.39, 0.29) is 21.7 Å². The zero-order valence-electron chi connectivity index (χ0n) is 40.3. The molecule has 0 fully saturated rings. The Balaban J connectivity index is 1.29. The lowest BCUT2D eigenvalue weighted by atomic mass is 9.62. The zero-order chi connectivity index (χ0) is 44.8. The third kappa shape index (κ3) is 5.63. The fourth-order valence-electron chi connectivity index (χ4n) is 14.0. The van der Waals surface area contributed by atoms with Crippen LogP contribution in [0.1, 0.15) is 155 Å². The first-order chi connectivity index (χ1) is 31.1. The molecule has 326 valence electrons. The molecule has 0 amide bonds. The van der Waals surface area contributed by atoms with E-state index in [2.05, 4.69) is 201 Å². The topological polar surface area (TPSA) is 3.24 Å². The van der Waals surface area contributed by atoms with Gasteiger partial charge in [-0.25, -0.2) is 0 Å². The Kier molecular flexibility index (Phi) is 8.75. The van der Waals surface area contributed by atoms with Crippen LogP contribution in [0.2, 0.25) is 0 Å². The number of hydrogen-bond donors (Lipinski definition) is 0. The summed E-state index contributed by atoms with van der Waals surface area (Å²) in [5.41, 5.74) is 27.9. The van der Waals surface area contributed by atoms with E-state index < -0.39 is 5.41 Å². The molecule has 12 rings (SSSR count). The molecule has 1 spiro atoms. The maximum Gasteiger partial charge on any atom is 0.0726 e. The number of hydrogen-bond acceptors (Lipinski definition) is 1. The quantitative estimate of drug-likeness (QED) is 0.171. The number of aryl methyl sites for hydroxylation is 2. The summed E-state index contributed by atoms with van der Waals surface area (Å²) in [7, 11) is 0. The third-order valence-corrected chi connectivity index (χ3v) is 17.5. The van der Waals surface area contributed by atoms with Crippen LogP contribution < -0.4 is 4.90 Å². The largest absolute Gasteiger partial charge is 0.309 e. The lowest BCUT2D eigenvalue weighted by Crippen LogP contribution is -2.37. The Morgan fingerprint density at radius 3 is 1.38 bits per heavy atom. The lowest BCUT2D eigenvalue weighted by Gasteiger charge is -2.47. The van der Waals surface area contributed by atoms with Gasteiger partial charge in [0, 0.05) is 5.56 Å². The minimum atomic E-state index is -0.460. The summed E-state index contributed by atoms with van der Waals surface area (Å²) >= 11 is 0. The van der Waals surface area contributed by atoms with Crippen molar-refractivity contribution in [3.05, 3.63) is 195 Å². The summed E-state index contributed by atoms with van der Waals surface area (Å²) in [5, 5.41) is 0. The minimum Gasteiger partial charge on any atom is -0.309 e. The van der Waals surface area contributed by atoms with Gasteiger partial charge in [-0.05, 0) is 193 Å². The van der Waals surface area contributed by atoms with Gasteiger partial charge in [0.2, 0.25) is 0 Å². The van der Waals surface area contributed by atoms with Gasteiger partial charge >= 0.3 is 0 Å². The van der Waals surface area contributed by atoms with Crippen molar-refractivity contribution in [2.75, 3.05) is 4.90 Å². The predicted octanol–water partition coefficient (Wildman–Crippen LogP) is 17.1.